The average Bonchev–Trinajstić information content (AvgIpc) is 2.87. The van der Waals surface area contributed by atoms with Crippen LogP contribution >= 0.6 is 0 Å². The topological polar surface area (TPSA) is 49.9 Å². The lowest BCUT2D eigenvalue weighted by Gasteiger charge is -2.23. The highest BCUT2D eigenvalue weighted by Gasteiger charge is 2.11. The number of hydrogen-bond donors (Lipinski definition) is 2. The van der Waals surface area contributed by atoms with Gasteiger partial charge in [-0.1, -0.05) is 18.6 Å². The largest absolute Gasteiger partial charge is 0.465 e. The molecule has 0 spiro atoms. The van der Waals surface area contributed by atoms with Crippen molar-refractivity contribution in [3.63, 3.8) is 0 Å². The van der Waals surface area contributed by atoms with Crippen molar-refractivity contribution in [2.75, 3.05) is 13.2 Å². The summed E-state index contributed by atoms with van der Waals surface area (Å²) in [6.07, 6.45) is 6.27. The average molecular weight is 259 g/mol. The number of imidazole rings is 1. The number of aromatic amines is 1. The fourth-order valence-electron chi connectivity index (χ4n) is 2.67. The van der Waals surface area contributed by atoms with E-state index in [1.807, 2.05) is 24.3 Å². The Balaban J connectivity index is 1.44. The van der Waals surface area contributed by atoms with Crippen LogP contribution in [0.4, 0.5) is 0 Å². The van der Waals surface area contributed by atoms with Crippen molar-refractivity contribution in [1.29, 1.82) is 0 Å². The van der Waals surface area contributed by atoms with Crippen LogP contribution in [0.25, 0.3) is 11.0 Å². The quantitative estimate of drug-likeness (QED) is 0.812. The summed E-state index contributed by atoms with van der Waals surface area (Å²) in [5.41, 5.74) is 2.00. The second kappa shape index (κ2) is 6.06. The number of rotatable bonds is 5. The van der Waals surface area contributed by atoms with Gasteiger partial charge in [0.1, 0.15) is 0 Å². The molecule has 4 nitrogen and oxygen atoms in total. The Morgan fingerprint density at radius 2 is 2.21 bits per heavy atom. The smallest absolute Gasteiger partial charge is 0.294 e. The van der Waals surface area contributed by atoms with Gasteiger partial charge in [-0.3, -0.25) is 0 Å². The highest BCUT2D eigenvalue weighted by molar-refractivity contribution is 5.75. The van der Waals surface area contributed by atoms with E-state index in [1.165, 1.54) is 32.2 Å². The Labute approximate surface area is 113 Å². The number of nitrogens with zero attached hydrogens (tertiary/aromatic N) is 1. The van der Waals surface area contributed by atoms with Gasteiger partial charge in [-0.15, -0.1) is 0 Å². The molecule has 102 valence electrons. The van der Waals surface area contributed by atoms with Crippen molar-refractivity contribution in [2.45, 2.75) is 38.1 Å². The van der Waals surface area contributed by atoms with Crippen LogP contribution in [-0.2, 0) is 0 Å². The molecule has 0 unspecified atom stereocenters. The summed E-state index contributed by atoms with van der Waals surface area (Å²) in [6, 6.07) is 9.32. The Bertz CT molecular complexity index is 484. The van der Waals surface area contributed by atoms with E-state index < -0.39 is 0 Å². The number of benzene rings is 1. The van der Waals surface area contributed by atoms with E-state index in [1.54, 1.807) is 0 Å². The van der Waals surface area contributed by atoms with Crippen molar-refractivity contribution in [2.24, 2.45) is 0 Å². The third kappa shape index (κ3) is 3.26. The molecular formula is C15H21N3O. The van der Waals surface area contributed by atoms with E-state index in [4.69, 9.17) is 4.74 Å². The molecule has 0 saturated carbocycles. The Kier molecular flexibility index (Phi) is 3.98. The van der Waals surface area contributed by atoms with E-state index in [0.29, 0.717) is 12.1 Å². The maximum Gasteiger partial charge on any atom is 0.294 e. The second-order valence-corrected chi connectivity index (χ2v) is 5.20. The van der Waals surface area contributed by atoms with Gasteiger partial charge in [0.05, 0.1) is 17.6 Å². The SMILES string of the molecule is c1ccc2[nH]c(OCCC[C@@H]3CCCCN3)nc2c1. The van der Waals surface area contributed by atoms with Crippen LogP contribution in [0, 0.1) is 0 Å². The molecule has 1 aliphatic heterocycles. The van der Waals surface area contributed by atoms with Crippen LogP contribution in [0.5, 0.6) is 6.01 Å². The first-order chi connectivity index (χ1) is 9.42. The molecule has 4 heteroatoms. The van der Waals surface area contributed by atoms with Gasteiger partial charge in [0.15, 0.2) is 0 Å². The normalized spacial score (nSPS) is 19.7. The van der Waals surface area contributed by atoms with Crippen LogP contribution in [0.1, 0.15) is 32.1 Å². The highest BCUT2D eigenvalue weighted by Crippen LogP contribution is 2.16. The van der Waals surface area contributed by atoms with Gasteiger partial charge in [-0.05, 0) is 44.4 Å². The zero-order valence-electron chi connectivity index (χ0n) is 11.2. The Morgan fingerprint density at radius 3 is 3.05 bits per heavy atom. The maximum absolute atomic E-state index is 5.69. The maximum atomic E-state index is 5.69. The molecule has 1 aliphatic rings. The van der Waals surface area contributed by atoms with Gasteiger partial charge in [0.25, 0.3) is 6.01 Å². The van der Waals surface area contributed by atoms with Gasteiger partial charge in [0, 0.05) is 6.04 Å². The van der Waals surface area contributed by atoms with Crippen molar-refractivity contribution in [3.05, 3.63) is 24.3 Å². The fraction of sp³-hybridized carbons (Fsp3) is 0.533. The molecule has 3 rings (SSSR count). The lowest BCUT2D eigenvalue weighted by Crippen LogP contribution is -2.34. The molecule has 1 saturated heterocycles. The zero-order chi connectivity index (χ0) is 12.9. The molecule has 1 aromatic heterocycles. The molecule has 2 N–H and O–H groups in total. The van der Waals surface area contributed by atoms with E-state index >= 15 is 0 Å². The summed E-state index contributed by atoms with van der Waals surface area (Å²) in [6.45, 7) is 1.91. The van der Waals surface area contributed by atoms with Gasteiger partial charge in [-0.25, -0.2) is 0 Å². The van der Waals surface area contributed by atoms with Gasteiger partial charge in [-0.2, -0.15) is 4.98 Å². The summed E-state index contributed by atoms with van der Waals surface area (Å²) in [5.74, 6) is 0. The third-order valence-electron chi connectivity index (χ3n) is 3.72. The number of ether oxygens (including phenoxy) is 1. The zero-order valence-corrected chi connectivity index (χ0v) is 11.2. The lowest BCUT2D eigenvalue weighted by atomic mass is 10.0. The van der Waals surface area contributed by atoms with Crippen LogP contribution in [-0.4, -0.2) is 29.2 Å². The summed E-state index contributed by atoms with van der Waals surface area (Å²) >= 11 is 0. The summed E-state index contributed by atoms with van der Waals surface area (Å²) < 4.78 is 5.69. The standard InChI is InChI=1S/C15H21N3O/c1-2-9-14-13(8-1)17-15(18-14)19-11-5-7-12-6-3-4-10-16-12/h1-2,8-9,12,16H,3-7,10-11H2,(H,17,18)/t12-/m0/s1. The number of fused-ring (bicyclic) bond motifs is 1. The minimum absolute atomic E-state index is 0.637. The predicted octanol–water partition coefficient (Wildman–Crippen LogP) is 2.86. The monoisotopic (exact) mass is 259 g/mol. The molecule has 1 aromatic carbocycles. The molecular weight excluding hydrogens is 238 g/mol. The summed E-state index contributed by atoms with van der Waals surface area (Å²) in [5, 5.41) is 3.56. The first-order valence-electron chi connectivity index (χ1n) is 7.23. The van der Waals surface area contributed by atoms with Gasteiger partial charge in [0.2, 0.25) is 0 Å². The van der Waals surface area contributed by atoms with Gasteiger partial charge < -0.3 is 15.0 Å². The van der Waals surface area contributed by atoms with E-state index in [0.717, 1.165) is 24.1 Å². The van der Waals surface area contributed by atoms with Crippen molar-refractivity contribution in [3.8, 4) is 6.01 Å². The number of H-pyrrole nitrogens is 1. The second-order valence-electron chi connectivity index (χ2n) is 5.20. The minimum Gasteiger partial charge on any atom is -0.465 e. The molecule has 0 bridgehead atoms. The molecule has 1 fully saturated rings. The predicted molar refractivity (Wildman–Crippen MR) is 76.5 cm³/mol. The Morgan fingerprint density at radius 1 is 1.26 bits per heavy atom. The molecule has 0 amide bonds. The number of aromatic nitrogens is 2. The van der Waals surface area contributed by atoms with Crippen LogP contribution < -0.4 is 10.1 Å². The van der Waals surface area contributed by atoms with Crippen LogP contribution in [0.2, 0.25) is 0 Å². The number of para-hydroxylation sites is 2. The van der Waals surface area contributed by atoms with Crippen molar-refractivity contribution in [1.82, 2.24) is 15.3 Å². The molecule has 2 aromatic rings. The van der Waals surface area contributed by atoms with Crippen LogP contribution in [0.3, 0.4) is 0 Å². The Hall–Kier alpha value is -1.55. The molecule has 1 atom stereocenters. The molecule has 2 heterocycles. The molecule has 0 radical (unpaired) electrons. The minimum atomic E-state index is 0.637. The van der Waals surface area contributed by atoms with E-state index in [9.17, 15) is 0 Å². The highest BCUT2D eigenvalue weighted by atomic mass is 16.5. The molecule has 0 aliphatic carbocycles. The van der Waals surface area contributed by atoms with E-state index in [2.05, 4.69) is 15.3 Å². The first-order valence-corrected chi connectivity index (χ1v) is 7.23. The number of hydrogen-bond acceptors (Lipinski definition) is 3. The first kappa shape index (κ1) is 12.5. The van der Waals surface area contributed by atoms with Gasteiger partial charge >= 0.3 is 0 Å². The summed E-state index contributed by atoms with van der Waals surface area (Å²) in [7, 11) is 0. The van der Waals surface area contributed by atoms with E-state index in [-0.39, 0.29) is 0 Å². The van der Waals surface area contributed by atoms with Crippen molar-refractivity contribution >= 4 is 11.0 Å². The summed E-state index contributed by atoms with van der Waals surface area (Å²) in [4.78, 5) is 7.59. The van der Waals surface area contributed by atoms with Crippen LogP contribution in [0.15, 0.2) is 24.3 Å². The third-order valence-corrected chi connectivity index (χ3v) is 3.72. The lowest BCUT2D eigenvalue weighted by molar-refractivity contribution is 0.270. The molecule has 19 heavy (non-hydrogen) atoms. The van der Waals surface area contributed by atoms with Crippen molar-refractivity contribution < 1.29 is 4.74 Å². The number of piperidine rings is 1. The fourth-order valence-corrected chi connectivity index (χ4v) is 2.67. The number of nitrogens with one attached hydrogen (secondary N) is 2.